The van der Waals surface area contributed by atoms with Crippen molar-refractivity contribution in [3.63, 3.8) is 0 Å². The van der Waals surface area contributed by atoms with E-state index in [1.54, 1.807) is 0 Å². The fourth-order valence-corrected chi connectivity index (χ4v) is 2.78. The van der Waals surface area contributed by atoms with Gasteiger partial charge < -0.3 is 10.4 Å². The zero-order valence-corrected chi connectivity index (χ0v) is 10.2. The molecular formula is C12H25NO. The van der Waals surface area contributed by atoms with Gasteiger partial charge in [-0.05, 0) is 31.2 Å². The van der Waals surface area contributed by atoms with Crippen LogP contribution in [0.2, 0.25) is 0 Å². The van der Waals surface area contributed by atoms with Crippen molar-refractivity contribution >= 4 is 0 Å². The Bertz CT molecular complexity index is 202. The van der Waals surface area contributed by atoms with Crippen molar-refractivity contribution in [3.05, 3.63) is 0 Å². The standard InChI is InChI=1S/C12H25NO/c1-9-6-7-12(4,11(9,2)3)10(14)8-13-5/h9-10,13-14H,6-8H2,1-5H3/t9-,10+,12+/m1/s1. The Labute approximate surface area is 88.1 Å². The molecule has 0 unspecified atom stereocenters. The normalized spacial score (nSPS) is 38.6. The van der Waals surface area contributed by atoms with E-state index in [1.807, 2.05) is 7.05 Å². The first-order valence-corrected chi connectivity index (χ1v) is 5.69. The lowest BCUT2D eigenvalue weighted by Gasteiger charge is -2.44. The van der Waals surface area contributed by atoms with Crippen molar-refractivity contribution in [2.45, 2.75) is 46.6 Å². The fraction of sp³-hybridized carbons (Fsp3) is 1.00. The lowest BCUT2D eigenvalue weighted by molar-refractivity contribution is -0.0382. The van der Waals surface area contributed by atoms with Crippen molar-refractivity contribution in [2.75, 3.05) is 13.6 Å². The molecule has 0 radical (unpaired) electrons. The lowest BCUT2D eigenvalue weighted by Crippen LogP contribution is -2.46. The summed E-state index contributed by atoms with van der Waals surface area (Å²) in [6.07, 6.45) is 2.15. The molecule has 1 aliphatic carbocycles. The van der Waals surface area contributed by atoms with E-state index in [4.69, 9.17) is 0 Å². The highest BCUT2D eigenvalue weighted by Crippen LogP contribution is 2.57. The molecule has 14 heavy (non-hydrogen) atoms. The van der Waals surface area contributed by atoms with Crippen LogP contribution in [0.5, 0.6) is 0 Å². The maximum Gasteiger partial charge on any atom is 0.0723 e. The van der Waals surface area contributed by atoms with Crippen LogP contribution in [0, 0.1) is 16.7 Å². The van der Waals surface area contributed by atoms with Gasteiger partial charge in [0.05, 0.1) is 6.10 Å². The second-order valence-corrected chi connectivity index (χ2v) is 5.65. The van der Waals surface area contributed by atoms with Crippen molar-refractivity contribution in [3.8, 4) is 0 Å². The minimum absolute atomic E-state index is 0.0649. The zero-order valence-electron chi connectivity index (χ0n) is 10.2. The summed E-state index contributed by atoms with van der Waals surface area (Å²) in [7, 11) is 1.90. The van der Waals surface area contributed by atoms with E-state index in [9.17, 15) is 5.11 Å². The van der Waals surface area contributed by atoms with E-state index in [0.717, 1.165) is 6.42 Å². The number of likely N-dealkylation sites (N-methyl/N-ethyl adjacent to an activating group) is 1. The molecule has 0 aromatic carbocycles. The summed E-state index contributed by atoms with van der Waals surface area (Å²) < 4.78 is 0. The SMILES string of the molecule is CNC[C@H](O)[C@]1(C)CC[C@@H](C)C1(C)C. The molecule has 1 saturated carbocycles. The molecule has 0 spiro atoms. The van der Waals surface area contributed by atoms with Gasteiger partial charge in [0.1, 0.15) is 0 Å². The maximum absolute atomic E-state index is 10.2. The van der Waals surface area contributed by atoms with Gasteiger partial charge in [-0.1, -0.05) is 27.7 Å². The first-order valence-electron chi connectivity index (χ1n) is 5.69. The van der Waals surface area contributed by atoms with Crippen molar-refractivity contribution in [1.82, 2.24) is 5.32 Å². The van der Waals surface area contributed by atoms with E-state index in [-0.39, 0.29) is 16.9 Å². The van der Waals surface area contributed by atoms with Gasteiger partial charge in [-0.25, -0.2) is 0 Å². The molecule has 3 atom stereocenters. The third-order valence-corrected chi connectivity index (χ3v) is 4.93. The number of rotatable bonds is 3. The molecule has 0 amide bonds. The van der Waals surface area contributed by atoms with Crippen LogP contribution >= 0.6 is 0 Å². The Hall–Kier alpha value is -0.0800. The predicted molar refractivity (Wildman–Crippen MR) is 60.2 cm³/mol. The first kappa shape index (κ1) is 12.0. The minimum Gasteiger partial charge on any atom is -0.391 e. The van der Waals surface area contributed by atoms with Crippen LogP contribution in [0.3, 0.4) is 0 Å². The van der Waals surface area contributed by atoms with Crippen LogP contribution in [0.25, 0.3) is 0 Å². The summed E-state index contributed by atoms with van der Waals surface area (Å²) in [4.78, 5) is 0. The van der Waals surface area contributed by atoms with E-state index < -0.39 is 0 Å². The molecule has 0 aliphatic heterocycles. The van der Waals surface area contributed by atoms with E-state index in [0.29, 0.717) is 12.5 Å². The van der Waals surface area contributed by atoms with Crippen molar-refractivity contribution in [1.29, 1.82) is 0 Å². The van der Waals surface area contributed by atoms with Gasteiger partial charge in [-0.3, -0.25) is 0 Å². The Balaban J connectivity index is 2.83. The molecule has 0 aromatic heterocycles. The summed E-state index contributed by atoms with van der Waals surface area (Å²) in [5.41, 5.74) is 0.304. The molecule has 2 nitrogen and oxygen atoms in total. The molecule has 0 bridgehead atoms. The Morgan fingerprint density at radius 3 is 2.36 bits per heavy atom. The van der Waals surface area contributed by atoms with Gasteiger partial charge in [-0.2, -0.15) is 0 Å². The minimum atomic E-state index is -0.229. The average Bonchev–Trinajstić information content (AvgIpc) is 2.31. The third kappa shape index (κ3) is 1.59. The van der Waals surface area contributed by atoms with Crippen LogP contribution < -0.4 is 5.32 Å². The molecule has 84 valence electrons. The van der Waals surface area contributed by atoms with Crippen LogP contribution in [0.1, 0.15) is 40.5 Å². The molecule has 0 aromatic rings. The van der Waals surface area contributed by atoms with Crippen molar-refractivity contribution < 1.29 is 5.11 Å². The quantitative estimate of drug-likeness (QED) is 0.729. The molecular weight excluding hydrogens is 174 g/mol. The summed E-state index contributed by atoms with van der Waals surface area (Å²) in [5.74, 6) is 0.707. The molecule has 1 rings (SSSR count). The third-order valence-electron chi connectivity index (χ3n) is 4.93. The van der Waals surface area contributed by atoms with Gasteiger partial charge in [0, 0.05) is 12.0 Å². The van der Waals surface area contributed by atoms with Gasteiger partial charge in [-0.15, -0.1) is 0 Å². The van der Waals surface area contributed by atoms with Gasteiger partial charge in [0.2, 0.25) is 0 Å². The monoisotopic (exact) mass is 199 g/mol. The topological polar surface area (TPSA) is 32.3 Å². The Morgan fingerprint density at radius 1 is 1.43 bits per heavy atom. The summed E-state index contributed by atoms with van der Waals surface area (Å²) in [6, 6.07) is 0. The first-order chi connectivity index (χ1) is 6.36. The largest absolute Gasteiger partial charge is 0.391 e. The summed E-state index contributed by atoms with van der Waals surface area (Å²) in [6.45, 7) is 9.83. The van der Waals surface area contributed by atoms with E-state index >= 15 is 0 Å². The highest BCUT2D eigenvalue weighted by molar-refractivity contribution is 5.02. The van der Waals surface area contributed by atoms with Crippen LogP contribution in [-0.4, -0.2) is 24.8 Å². The van der Waals surface area contributed by atoms with E-state index in [1.165, 1.54) is 6.42 Å². The van der Waals surface area contributed by atoms with E-state index in [2.05, 4.69) is 33.0 Å². The number of aliphatic hydroxyl groups excluding tert-OH is 1. The summed E-state index contributed by atoms with van der Waals surface area (Å²) in [5, 5.41) is 13.3. The summed E-state index contributed by atoms with van der Waals surface area (Å²) >= 11 is 0. The lowest BCUT2D eigenvalue weighted by atomic mass is 9.63. The predicted octanol–water partition coefficient (Wildman–Crippen LogP) is 2.03. The molecule has 2 heteroatoms. The zero-order chi connectivity index (χ0) is 11.0. The van der Waals surface area contributed by atoms with Gasteiger partial charge >= 0.3 is 0 Å². The smallest absolute Gasteiger partial charge is 0.0723 e. The molecule has 1 aliphatic rings. The number of nitrogens with one attached hydrogen (secondary N) is 1. The van der Waals surface area contributed by atoms with Crippen LogP contribution in [0.4, 0.5) is 0 Å². The maximum atomic E-state index is 10.2. The van der Waals surface area contributed by atoms with Crippen LogP contribution in [-0.2, 0) is 0 Å². The molecule has 1 fully saturated rings. The number of aliphatic hydroxyl groups is 1. The van der Waals surface area contributed by atoms with Gasteiger partial charge in [0.15, 0.2) is 0 Å². The molecule has 2 N–H and O–H groups in total. The highest BCUT2D eigenvalue weighted by atomic mass is 16.3. The second kappa shape index (κ2) is 3.82. The highest BCUT2D eigenvalue weighted by Gasteiger charge is 2.52. The van der Waals surface area contributed by atoms with Crippen molar-refractivity contribution in [2.24, 2.45) is 16.7 Å². The number of hydrogen-bond acceptors (Lipinski definition) is 2. The molecule has 0 heterocycles. The Kier molecular flexibility index (Phi) is 3.27. The molecule has 0 saturated heterocycles. The second-order valence-electron chi connectivity index (χ2n) is 5.65. The average molecular weight is 199 g/mol. The van der Waals surface area contributed by atoms with Gasteiger partial charge in [0.25, 0.3) is 0 Å². The Morgan fingerprint density at radius 2 is 2.00 bits per heavy atom. The van der Waals surface area contributed by atoms with Crippen LogP contribution in [0.15, 0.2) is 0 Å². The fourth-order valence-electron chi connectivity index (χ4n) is 2.78. The number of hydrogen-bond donors (Lipinski definition) is 2.